The smallest absolute Gasteiger partial charge is 0.191 e. The molecule has 0 radical (unpaired) electrons. The Labute approximate surface area is 127 Å². The van der Waals surface area contributed by atoms with E-state index in [2.05, 4.69) is 21.7 Å². The van der Waals surface area contributed by atoms with Gasteiger partial charge in [-0.15, -0.1) is 0 Å². The van der Waals surface area contributed by atoms with Crippen molar-refractivity contribution in [1.29, 1.82) is 0 Å². The standard InChI is InChI=1S/C16H27N3O2/c1-4-20-12-8-11-18-16(17-3)19-13-14-9-6-7-10-15(14)21-5-2/h6-7,9-10H,4-5,8,11-13H2,1-3H3,(H2,17,18,19). The molecule has 0 atom stereocenters. The number of nitrogens with zero attached hydrogens (tertiary/aromatic N) is 1. The largest absolute Gasteiger partial charge is 0.494 e. The Morgan fingerprint density at radius 3 is 2.67 bits per heavy atom. The first-order valence-corrected chi connectivity index (χ1v) is 7.54. The Kier molecular flexibility index (Phi) is 9.04. The molecular weight excluding hydrogens is 266 g/mol. The molecule has 2 N–H and O–H groups in total. The van der Waals surface area contributed by atoms with Gasteiger partial charge in [0, 0.05) is 38.9 Å². The lowest BCUT2D eigenvalue weighted by molar-refractivity contribution is 0.145. The molecule has 0 aliphatic carbocycles. The van der Waals surface area contributed by atoms with Gasteiger partial charge in [0.25, 0.3) is 0 Å². The molecule has 0 bridgehead atoms. The van der Waals surface area contributed by atoms with Gasteiger partial charge in [-0.05, 0) is 26.3 Å². The molecule has 0 aliphatic rings. The topological polar surface area (TPSA) is 54.9 Å². The monoisotopic (exact) mass is 293 g/mol. The summed E-state index contributed by atoms with van der Waals surface area (Å²) in [5.41, 5.74) is 1.12. The number of rotatable bonds is 9. The van der Waals surface area contributed by atoms with Crippen LogP contribution in [0.3, 0.4) is 0 Å². The molecule has 1 aromatic carbocycles. The van der Waals surface area contributed by atoms with Gasteiger partial charge in [-0.25, -0.2) is 0 Å². The maximum Gasteiger partial charge on any atom is 0.191 e. The second-order valence-corrected chi connectivity index (χ2v) is 4.44. The minimum absolute atomic E-state index is 0.668. The van der Waals surface area contributed by atoms with Gasteiger partial charge in [0.2, 0.25) is 0 Å². The summed E-state index contributed by atoms with van der Waals surface area (Å²) in [5, 5.41) is 6.56. The van der Waals surface area contributed by atoms with Crippen molar-refractivity contribution in [3.8, 4) is 5.75 Å². The van der Waals surface area contributed by atoms with Crippen LogP contribution >= 0.6 is 0 Å². The summed E-state index contributed by atoms with van der Waals surface area (Å²) in [7, 11) is 1.77. The third-order valence-corrected chi connectivity index (χ3v) is 2.90. The molecule has 1 aromatic rings. The number of benzene rings is 1. The lowest BCUT2D eigenvalue weighted by Gasteiger charge is -2.14. The van der Waals surface area contributed by atoms with Crippen LogP contribution in [0.2, 0.25) is 0 Å². The second kappa shape index (κ2) is 11.0. The molecule has 21 heavy (non-hydrogen) atoms. The van der Waals surface area contributed by atoms with Crippen molar-refractivity contribution in [2.24, 2.45) is 4.99 Å². The fourth-order valence-corrected chi connectivity index (χ4v) is 1.87. The van der Waals surface area contributed by atoms with Gasteiger partial charge >= 0.3 is 0 Å². The van der Waals surface area contributed by atoms with E-state index in [0.29, 0.717) is 13.2 Å². The number of hydrogen-bond donors (Lipinski definition) is 2. The first kappa shape index (κ1) is 17.3. The minimum Gasteiger partial charge on any atom is -0.494 e. The Hall–Kier alpha value is -1.75. The van der Waals surface area contributed by atoms with E-state index in [4.69, 9.17) is 9.47 Å². The zero-order chi connectivity index (χ0) is 15.3. The van der Waals surface area contributed by atoms with E-state index in [1.165, 1.54) is 0 Å². The van der Waals surface area contributed by atoms with Crippen LogP contribution < -0.4 is 15.4 Å². The number of aliphatic imine (C=N–C) groups is 1. The quantitative estimate of drug-likeness (QED) is 0.416. The van der Waals surface area contributed by atoms with Crippen molar-refractivity contribution in [1.82, 2.24) is 10.6 Å². The van der Waals surface area contributed by atoms with Gasteiger partial charge in [0.1, 0.15) is 5.75 Å². The Morgan fingerprint density at radius 1 is 1.14 bits per heavy atom. The summed E-state index contributed by atoms with van der Waals surface area (Å²) >= 11 is 0. The van der Waals surface area contributed by atoms with Crippen molar-refractivity contribution in [2.75, 3.05) is 33.4 Å². The number of ether oxygens (including phenoxy) is 2. The van der Waals surface area contributed by atoms with E-state index in [1.54, 1.807) is 7.05 Å². The highest BCUT2D eigenvalue weighted by Crippen LogP contribution is 2.17. The van der Waals surface area contributed by atoms with Crippen molar-refractivity contribution >= 4 is 5.96 Å². The summed E-state index contributed by atoms with van der Waals surface area (Å²) in [6.07, 6.45) is 0.962. The molecule has 0 spiro atoms. The van der Waals surface area contributed by atoms with Gasteiger partial charge in [0.15, 0.2) is 5.96 Å². The highest BCUT2D eigenvalue weighted by Gasteiger charge is 2.03. The molecule has 0 saturated carbocycles. The lowest BCUT2D eigenvalue weighted by atomic mass is 10.2. The van der Waals surface area contributed by atoms with Crippen molar-refractivity contribution in [3.05, 3.63) is 29.8 Å². The van der Waals surface area contributed by atoms with E-state index >= 15 is 0 Å². The molecule has 0 saturated heterocycles. The molecular formula is C16H27N3O2. The van der Waals surface area contributed by atoms with Crippen molar-refractivity contribution < 1.29 is 9.47 Å². The molecule has 5 nitrogen and oxygen atoms in total. The first-order valence-electron chi connectivity index (χ1n) is 7.54. The van der Waals surface area contributed by atoms with E-state index in [0.717, 1.165) is 43.5 Å². The number of para-hydroxylation sites is 1. The van der Waals surface area contributed by atoms with Gasteiger partial charge in [0.05, 0.1) is 6.61 Å². The highest BCUT2D eigenvalue weighted by molar-refractivity contribution is 5.79. The predicted octanol–water partition coefficient (Wildman–Crippen LogP) is 2.18. The zero-order valence-electron chi connectivity index (χ0n) is 13.3. The first-order chi connectivity index (χ1) is 10.3. The number of guanidine groups is 1. The second-order valence-electron chi connectivity index (χ2n) is 4.44. The van der Waals surface area contributed by atoms with E-state index in [-0.39, 0.29) is 0 Å². The van der Waals surface area contributed by atoms with Crippen LogP contribution in [-0.2, 0) is 11.3 Å². The molecule has 0 heterocycles. The molecule has 0 aliphatic heterocycles. The third kappa shape index (κ3) is 6.99. The molecule has 0 fully saturated rings. The lowest BCUT2D eigenvalue weighted by Crippen LogP contribution is -2.37. The third-order valence-electron chi connectivity index (χ3n) is 2.90. The van der Waals surface area contributed by atoms with Crippen LogP contribution in [0.5, 0.6) is 5.75 Å². The summed E-state index contributed by atoms with van der Waals surface area (Å²) in [6, 6.07) is 8.03. The maximum atomic E-state index is 5.61. The maximum absolute atomic E-state index is 5.61. The van der Waals surface area contributed by atoms with Crippen LogP contribution in [0, 0.1) is 0 Å². The highest BCUT2D eigenvalue weighted by atomic mass is 16.5. The predicted molar refractivity (Wildman–Crippen MR) is 86.9 cm³/mol. The number of nitrogens with one attached hydrogen (secondary N) is 2. The molecule has 0 amide bonds. The van der Waals surface area contributed by atoms with Crippen molar-refractivity contribution in [3.63, 3.8) is 0 Å². The Morgan fingerprint density at radius 2 is 1.95 bits per heavy atom. The van der Waals surface area contributed by atoms with Crippen molar-refractivity contribution in [2.45, 2.75) is 26.8 Å². The van der Waals surface area contributed by atoms with Gasteiger partial charge in [-0.1, -0.05) is 18.2 Å². The Bertz CT molecular complexity index is 422. The number of hydrogen-bond acceptors (Lipinski definition) is 3. The minimum atomic E-state index is 0.668. The van der Waals surface area contributed by atoms with E-state index in [1.807, 2.05) is 32.0 Å². The molecule has 0 aromatic heterocycles. The SMILES string of the molecule is CCOCCCNC(=NC)NCc1ccccc1OCC. The molecule has 118 valence electrons. The fourth-order valence-electron chi connectivity index (χ4n) is 1.87. The summed E-state index contributed by atoms with van der Waals surface area (Å²) in [5.74, 6) is 1.71. The van der Waals surface area contributed by atoms with Gasteiger partial charge in [-0.3, -0.25) is 4.99 Å². The average molecular weight is 293 g/mol. The van der Waals surface area contributed by atoms with Gasteiger partial charge in [-0.2, -0.15) is 0 Å². The Balaban J connectivity index is 2.38. The van der Waals surface area contributed by atoms with Crippen LogP contribution in [0.15, 0.2) is 29.3 Å². The van der Waals surface area contributed by atoms with Crippen LogP contribution in [0.4, 0.5) is 0 Å². The summed E-state index contributed by atoms with van der Waals surface area (Å²) in [6.45, 7) is 7.72. The molecule has 0 unspecified atom stereocenters. The normalized spacial score (nSPS) is 11.3. The molecule has 5 heteroatoms. The van der Waals surface area contributed by atoms with Gasteiger partial charge < -0.3 is 20.1 Å². The van der Waals surface area contributed by atoms with Crippen LogP contribution in [0.25, 0.3) is 0 Å². The fraction of sp³-hybridized carbons (Fsp3) is 0.562. The average Bonchev–Trinajstić information content (AvgIpc) is 2.51. The van der Waals surface area contributed by atoms with E-state index in [9.17, 15) is 0 Å². The summed E-state index contributed by atoms with van der Waals surface area (Å²) < 4.78 is 10.9. The van der Waals surface area contributed by atoms with Crippen LogP contribution in [-0.4, -0.2) is 39.4 Å². The zero-order valence-corrected chi connectivity index (χ0v) is 13.3. The molecule has 1 rings (SSSR count). The summed E-state index contributed by atoms with van der Waals surface area (Å²) in [4.78, 5) is 4.21. The van der Waals surface area contributed by atoms with Crippen LogP contribution in [0.1, 0.15) is 25.8 Å². The van der Waals surface area contributed by atoms with E-state index < -0.39 is 0 Å².